The number of nitrogens with zero attached hydrogens (tertiary/aromatic N) is 3. The summed E-state index contributed by atoms with van der Waals surface area (Å²) in [6.07, 6.45) is 1.81. The number of pyridine rings is 1. The molecule has 17 heavy (non-hydrogen) atoms. The molecule has 0 fully saturated rings. The van der Waals surface area contributed by atoms with Crippen molar-refractivity contribution < 1.29 is 0 Å². The quantitative estimate of drug-likeness (QED) is 0.922. The fourth-order valence-corrected chi connectivity index (χ4v) is 3.12. The van der Waals surface area contributed by atoms with E-state index in [2.05, 4.69) is 32.6 Å². The van der Waals surface area contributed by atoms with E-state index in [1.54, 1.807) is 11.8 Å². The van der Waals surface area contributed by atoms with Gasteiger partial charge in [-0.05, 0) is 50.3 Å². The van der Waals surface area contributed by atoms with Crippen LogP contribution in [0, 0.1) is 6.92 Å². The molecule has 0 aliphatic heterocycles. The molecule has 2 aromatic rings. The van der Waals surface area contributed by atoms with Crippen molar-refractivity contribution in [3.8, 4) is 0 Å². The summed E-state index contributed by atoms with van der Waals surface area (Å²) in [6.45, 7) is 4.02. The molecule has 1 unspecified atom stereocenters. The number of aromatic nitrogens is 3. The van der Waals surface area contributed by atoms with Gasteiger partial charge in [-0.25, -0.2) is 9.97 Å². The SMILES string of the molecule is CNC(C)c1cccnc1Sc1nc(C)ns1. The average molecular weight is 266 g/mol. The highest BCUT2D eigenvalue weighted by Crippen LogP contribution is 2.32. The van der Waals surface area contributed by atoms with Gasteiger partial charge in [-0.2, -0.15) is 4.37 Å². The molecule has 0 bridgehead atoms. The Balaban J connectivity index is 2.26. The van der Waals surface area contributed by atoms with Crippen LogP contribution >= 0.6 is 23.3 Å². The zero-order chi connectivity index (χ0) is 12.3. The van der Waals surface area contributed by atoms with Crippen LogP contribution in [0.2, 0.25) is 0 Å². The second-order valence-corrected chi connectivity index (χ2v) is 5.61. The van der Waals surface area contributed by atoms with Crippen molar-refractivity contribution in [1.82, 2.24) is 19.7 Å². The topological polar surface area (TPSA) is 50.7 Å². The lowest BCUT2D eigenvalue weighted by atomic mass is 10.1. The predicted molar refractivity (Wildman–Crippen MR) is 70.5 cm³/mol. The minimum Gasteiger partial charge on any atom is -0.313 e. The molecule has 6 heteroatoms. The van der Waals surface area contributed by atoms with Gasteiger partial charge in [0.2, 0.25) is 0 Å². The average Bonchev–Trinajstić information content (AvgIpc) is 2.74. The highest BCUT2D eigenvalue weighted by Gasteiger charge is 2.12. The van der Waals surface area contributed by atoms with Crippen molar-refractivity contribution >= 4 is 23.3 Å². The fraction of sp³-hybridized carbons (Fsp3) is 0.364. The van der Waals surface area contributed by atoms with Gasteiger partial charge in [0.05, 0.1) is 0 Å². The van der Waals surface area contributed by atoms with Gasteiger partial charge >= 0.3 is 0 Å². The Bertz CT molecular complexity index is 498. The highest BCUT2D eigenvalue weighted by molar-refractivity contribution is 8.00. The number of hydrogen-bond acceptors (Lipinski definition) is 6. The van der Waals surface area contributed by atoms with Gasteiger partial charge in [-0.1, -0.05) is 6.07 Å². The maximum absolute atomic E-state index is 4.41. The van der Waals surface area contributed by atoms with Gasteiger partial charge in [-0.3, -0.25) is 0 Å². The van der Waals surface area contributed by atoms with E-state index in [1.165, 1.54) is 17.1 Å². The highest BCUT2D eigenvalue weighted by atomic mass is 32.2. The largest absolute Gasteiger partial charge is 0.313 e. The van der Waals surface area contributed by atoms with Crippen LogP contribution in [0.3, 0.4) is 0 Å². The molecule has 0 aliphatic carbocycles. The van der Waals surface area contributed by atoms with Gasteiger partial charge < -0.3 is 5.32 Å². The van der Waals surface area contributed by atoms with Crippen LogP contribution < -0.4 is 5.32 Å². The summed E-state index contributed by atoms with van der Waals surface area (Å²) in [5, 5.41) is 4.22. The maximum atomic E-state index is 4.41. The molecule has 1 atom stereocenters. The molecule has 90 valence electrons. The van der Waals surface area contributed by atoms with Crippen molar-refractivity contribution in [3.05, 3.63) is 29.7 Å². The lowest BCUT2D eigenvalue weighted by Gasteiger charge is -2.13. The Labute approximate surface area is 109 Å². The summed E-state index contributed by atoms with van der Waals surface area (Å²) >= 11 is 2.99. The van der Waals surface area contributed by atoms with Crippen LogP contribution in [-0.4, -0.2) is 21.4 Å². The van der Waals surface area contributed by atoms with Crippen molar-refractivity contribution in [1.29, 1.82) is 0 Å². The van der Waals surface area contributed by atoms with E-state index in [-0.39, 0.29) is 6.04 Å². The first-order valence-corrected chi connectivity index (χ1v) is 6.90. The maximum Gasteiger partial charge on any atom is 0.176 e. The molecule has 0 aliphatic rings. The van der Waals surface area contributed by atoms with Crippen LogP contribution in [0.15, 0.2) is 27.7 Å². The second kappa shape index (κ2) is 5.57. The summed E-state index contributed by atoms with van der Waals surface area (Å²) in [4.78, 5) is 8.76. The van der Waals surface area contributed by atoms with Crippen LogP contribution in [0.25, 0.3) is 0 Å². The molecule has 0 radical (unpaired) electrons. The molecule has 0 spiro atoms. The minimum atomic E-state index is 0.278. The van der Waals surface area contributed by atoms with Crippen LogP contribution in [0.5, 0.6) is 0 Å². The zero-order valence-corrected chi connectivity index (χ0v) is 11.6. The number of nitrogens with one attached hydrogen (secondary N) is 1. The predicted octanol–water partition coefficient (Wildman–Crippen LogP) is 2.67. The molecule has 0 saturated carbocycles. The lowest BCUT2D eigenvalue weighted by Crippen LogP contribution is -2.13. The molecule has 4 nitrogen and oxygen atoms in total. The summed E-state index contributed by atoms with van der Waals surface area (Å²) in [5.41, 5.74) is 1.19. The van der Waals surface area contributed by atoms with E-state index in [4.69, 9.17) is 0 Å². The van der Waals surface area contributed by atoms with Gasteiger partial charge in [0, 0.05) is 17.8 Å². The molecule has 2 aromatic heterocycles. The number of rotatable bonds is 4. The van der Waals surface area contributed by atoms with E-state index >= 15 is 0 Å². The minimum absolute atomic E-state index is 0.278. The van der Waals surface area contributed by atoms with E-state index < -0.39 is 0 Å². The standard InChI is InChI=1S/C11H14N4S2/c1-7(12-3)9-5-4-6-13-10(9)16-11-14-8(2)15-17-11/h4-7,12H,1-3H3. The first-order valence-electron chi connectivity index (χ1n) is 5.31. The Morgan fingerprint density at radius 1 is 1.47 bits per heavy atom. The third-order valence-corrected chi connectivity index (χ3v) is 4.27. The Morgan fingerprint density at radius 2 is 2.29 bits per heavy atom. The molecular weight excluding hydrogens is 252 g/mol. The second-order valence-electron chi connectivity index (χ2n) is 3.62. The molecule has 1 N–H and O–H groups in total. The van der Waals surface area contributed by atoms with E-state index in [9.17, 15) is 0 Å². The third kappa shape index (κ3) is 3.02. The van der Waals surface area contributed by atoms with Crippen molar-refractivity contribution in [3.63, 3.8) is 0 Å². The van der Waals surface area contributed by atoms with E-state index in [0.717, 1.165) is 15.2 Å². The molecule has 2 heterocycles. The van der Waals surface area contributed by atoms with Crippen molar-refractivity contribution in [2.75, 3.05) is 7.05 Å². The number of aryl methyl sites for hydroxylation is 1. The molecular formula is C11H14N4S2. The van der Waals surface area contributed by atoms with Gasteiger partial charge in [0.25, 0.3) is 0 Å². The summed E-state index contributed by atoms with van der Waals surface area (Å²) in [7, 11) is 1.95. The van der Waals surface area contributed by atoms with Gasteiger partial charge in [0.1, 0.15) is 10.9 Å². The summed E-state index contributed by atoms with van der Waals surface area (Å²) in [5.74, 6) is 0.816. The monoisotopic (exact) mass is 266 g/mol. The molecule has 0 saturated heterocycles. The fourth-order valence-electron chi connectivity index (χ4n) is 1.38. The Hall–Kier alpha value is -0.980. The molecule has 2 rings (SSSR count). The van der Waals surface area contributed by atoms with E-state index in [1.807, 2.05) is 26.2 Å². The van der Waals surface area contributed by atoms with E-state index in [0.29, 0.717) is 0 Å². The Morgan fingerprint density at radius 3 is 2.94 bits per heavy atom. The summed E-state index contributed by atoms with van der Waals surface area (Å²) < 4.78 is 5.11. The first kappa shape index (κ1) is 12.5. The van der Waals surface area contributed by atoms with Gasteiger partial charge in [0.15, 0.2) is 4.34 Å². The summed E-state index contributed by atoms with van der Waals surface area (Å²) in [6, 6.07) is 4.32. The molecule has 0 aromatic carbocycles. The zero-order valence-electron chi connectivity index (χ0n) is 9.97. The first-order chi connectivity index (χ1) is 8.20. The third-order valence-electron chi connectivity index (χ3n) is 2.39. The van der Waals surface area contributed by atoms with Crippen molar-refractivity contribution in [2.24, 2.45) is 0 Å². The molecule has 0 amide bonds. The normalized spacial score (nSPS) is 12.6. The van der Waals surface area contributed by atoms with Crippen LogP contribution in [0.1, 0.15) is 24.4 Å². The Kier molecular flexibility index (Phi) is 4.09. The van der Waals surface area contributed by atoms with Crippen LogP contribution in [0.4, 0.5) is 0 Å². The van der Waals surface area contributed by atoms with Crippen LogP contribution in [-0.2, 0) is 0 Å². The number of hydrogen-bond donors (Lipinski definition) is 1. The van der Waals surface area contributed by atoms with Crippen molar-refractivity contribution in [2.45, 2.75) is 29.3 Å². The smallest absolute Gasteiger partial charge is 0.176 e. The van der Waals surface area contributed by atoms with Gasteiger partial charge in [-0.15, -0.1) is 0 Å². The lowest BCUT2D eigenvalue weighted by molar-refractivity contribution is 0.634.